The molecule has 1 aliphatic heterocycles. The van der Waals surface area contributed by atoms with E-state index in [9.17, 15) is 0 Å². The Morgan fingerprint density at radius 3 is 0.714 bits per heavy atom. The van der Waals surface area contributed by atoms with E-state index >= 15 is 17.6 Å². The van der Waals surface area contributed by atoms with Crippen molar-refractivity contribution in [3.63, 3.8) is 0 Å². The first-order chi connectivity index (χ1) is 27.1. The third-order valence-corrected chi connectivity index (χ3v) is 22.1. The maximum atomic E-state index is 16.0. The van der Waals surface area contributed by atoms with Crippen LogP contribution in [0.1, 0.15) is 0 Å². The number of halogens is 8. The fraction of sp³-hybridized carbons (Fsp3) is 0.250. The van der Waals surface area contributed by atoms with Crippen LogP contribution in [-0.2, 0) is 42.8 Å². The Balaban J connectivity index is 1.78. The van der Waals surface area contributed by atoms with Gasteiger partial charge in [0.25, 0.3) is 0 Å². The molecule has 0 spiro atoms. The van der Waals surface area contributed by atoms with Crippen LogP contribution < -0.4 is 21.9 Å². The summed E-state index contributed by atoms with van der Waals surface area (Å²) < 4.78 is 137. The molecule has 0 unspecified atom stereocenters. The van der Waals surface area contributed by atoms with Gasteiger partial charge in [0, 0.05) is 0 Å². The summed E-state index contributed by atoms with van der Waals surface area (Å²) in [4.78, 5) is 0. The summed E-state index contributed by atoms with van der Waals surface area (Å²) in [6, 6.07) is 17.0. The van der Waals surface area contributed by atoms with Crippen molar-refractivity contribution in [3.05, 3.63) is 110 Å². The van der Waals surface area contributed by atoms with Gasteiger partial charge in [-0.1, -0.05) is 0 Å². The molecule has 56 heavy (non-hydrogen) atoms. The van der Waals surface area contributed by atoms with Crippen LogP contribution in [0.15, 0.2) is 72.8 Å². The normalized spacial score (nSPS) is 17.4. The Morgan fingerprint density at radius 1 is 0.357 bits per heavy atom. The predicted octanol–water partition coefficient (Wildman–Crippen LogP) is 5.40. The molecule has 0 aromatic heterocycles. The van der Waals surface area contributed by atoms with E-state index in [1.54, 1.807) is 24.3 Å². The average molecular weight is 1240 g/mol. The average Bonchev–Trinajstić information content (AvgIpc) is 3.20. The van der Waals surface area contributed by atoms with Crippen LogP contribution in [0.4, 0.5) is 17.6 Å². The van der Waals surface area contributed by atoms with Crippen molar-refractivity contribution in [1.82, 2.24) is 0 Å². The molecule has 0 fully saturated rings. The van der Waals surface area contributed by atoms with Gasteiger partial charge in [0.05, 0.1) is 0 Å². The molecule has 0 aliphatic carbocycles. The summed E-state index contributed by atoms with van der Waals surface area (Å²) in [5, 5.41) is 0. The molecule has 5 rings (SSSR count). The first kappa shape index (κ1) is 46.4. The van der Waals surface area contributed by atoms with Gasteiger partial charge in [0.2, 0.25) is 0 Å². The first-order valence-corrected chi connectivity index (χ1v) is 27.4. The number of fused-ring (bicyclic) bond motifs is 4. The fourth-order valence-electron chi connectivity index (χ4n) is 5.24. The number of hydrogen-bond donors (Lipinski definition) is 0. The second kappa shape index (κ2) is 22.2. The van der Waals surface area contributed by atoms with Gasteiger partial charge in [-0.2, -0.15) is 0 Å². The topological polar surface area (TPSA) is 111 Å². The van der Waals surface area contributed by atoms with E-state index in [-0.39, 0.29) is 36.1 Å². The summed E-state index contributed by atoms with van der Waals surface area (Å²) in [6.45, 7) is 0. The molecular weight excluding hydrogens is 1200 g/mol. The van der Waals surface area contributed by atoms with E-state index in [0.717, 1.165) is 0 Å². The molecular formula is C32H36B4F4I4O12. The van der Waals surface area contributed by atoms with Gasteiger partial charge in [0.15, 0.2) is 0 Å². The minimum atomic E-state index is -3.50. The predicted molar refractivity (Wildman–Crippen MR) is 238 cm³/mol. The van der Waals surface area contributed by atoms with E-state index in [4.69, 9.17) is 42.8 Å². The molecule has 0 N–H and O–H groups in total. The van der Waals surface area contributed by atoms with Crippen molar-refractivity contribution < 1.29 is 60.4 Å². The number of benzene rings is 4. The van der Waals surface area contributed by atoms with E-state index in [1.165, 1.54) is 105 Å². The van der Waals surface area contributed by atoms with E-state index in [0.29, 0.717) is 0 Å². The van der Waals surface area contributed by atoms with Gasteiger partial charge >= 0.3 is 361 Å². The first-order valence-electron chi connectivity index (χ1n) is 16.0. The van der Waals surface area contributed by atoms with Gasteiger partial charge in [-0.15, -0.1) is 0 Å². The van der Waals surface area contributed by atoms with Gasteiger partial charge in [0.1, 0.15) is 0 Å². The summed E-state index contributed by atoms with van der Waals surface area (Å²) >= 11 is -14.0. The summed E-state index contributed by atoms with van der Waals surface area (Å²) in [5.41, 5.74) is -0.278. The Kier molecular flexibility index (Phi) is 18.4. The zero-order chi connectivity index (χ0) is 40.5. The number of rotatable bonds is 8. The molecule has 0 saturated carbocycles. The molecule has 304 valence electrons. The van der Waals surface area contributed by atoms with E-state index < -0.39 is 134 Å². The van der Waals surface area contributed by atoms with Crippen LogP contribution in [0.2, 0.25) is 0 Å². The van der Waals surface area contributed by atoms with Gasteiger partial charge in [-0.25, -0.2) is 0 Å². The van der Waals surface area contributed by atoms with E-state index in [1.807, 2.05) is 0 Å². The van der Waals surface area contributed by atoms with Crippen molar-refractivity contribution in [2.45, 2.75) is 0 Å². The number of hydrogen-bond acceptors (Lipinski definition) is 12. The molecule has 0 radical (unpaired) electrons. The zero-order valence-electron chi connectivity index (χ0n) is 31.2. The van der Waals surface area contributed by atoms with Gasteiger partial charge < -0.3 is 0 Å². The zero-order valence-corrected chi connectivity index (χ0v) is 39.8. The molecule has 0 atom stereocenters. The third kappa shape index (κ3) is 10.2. The molecule has 1 heterocycles. The molecule has 12 nitrogen and oxygen atoms in total. The Hall–Kier alpha value is -0.700. The summed E-state index contributed by atoms with van der Waals surface area (Å²) in [7, 11) is 5.02. The van der Waals surface area contributed by atoms with Crippen LogP contribution in [0.3, 0.4) is 0 Å². The van der Waals surface area contributed by atoms with Crippen LogP contribution >= 0.6 is 82.6 Å². The monoisotopic (exact) mass is 1240 g/mol. The molecule has 0 bridgehead atoms. The third-order valence-electron chi connectivity index (χ3n) is 7.67. The van der Waals surface area contributed by atoms with Crippen molar-refractivity contribution in [2.75, 3.05) is 56.9 Å². The molecule has 24 heteroatoms. The van der Waals surface area contributed by atoms with E-state index in [2.05, 4.69) is 0 Å². The summed E-state index contributed by atoms with van der Waals surface area (Å²) in [6.07, 6.45) is 0. The van der Waals surface area contributed by atoms with Crippen molar-refractivity contribution in [3.8, 4) is 0 Å². The van der Waals surface area contributed by atoms with Gasteiger partial charge in [-0.05, 0) is 0 Å². The SMILES string of the molecule is COB1OI(OC)c2cccc(F)c2B(OC)OI(OC)c2cccc(F)c2B(OC)OI(OC)c2cccc(F)c2B(OC)OI(OC)c2cccc(F)c21. The Labute approximate surface area is 357 Å². The molecule has 4 aromatic carbocycles. The minimum absolute atomic E-state index is 0.0695. The van der Waals surface area contributed by atoms with Gasteiger partial charge in [-0.3, -0.25) is 0 Å². The molecule has 0 saturated heterocycles. The molecule has 4 aromatic rings. The fourth-order valence-corrected chi connectivity index (χ4v) is 18.5. The van der Waals surface area contributed by atoms with Crippen molar-refractivity contribution in [1.29, 1.82) is 0 Å². The second-order valence-electron chi connectivity index (χ2n) is 10.7. The second-order valence-corrected chi connectivity index (χ2v) is 25.8. The van der Waals surface area contributed by atoms with Crippen LogP contribution in [0, 0.1) is 37.5 Å². The molecule has 0 amide bonds. The standard InChI is InChI=1S/C32H36B4F4I4O12/c1-45-33-29-21(37)13-9-17-25(29)42(50-6)54-35(47-3)31-23(39)15-11-19-27(31)44(52-8)56-36(48-4)32-24(40)16-12-20-28(32)43(51-7)55-34(46-2)30-22(38)14-10-18-26(30)41(49-5)53-33/h9-20H,1-8H3. The quantitative estimate of drug-likeness (QED) is 0.128. The Bertz CT molecular complexity index is 1670. The summed E-state index contributed by atoms with van der Waals surface area (Å²) in [5.74, 6) is -2.90. The van der Waals surface area contributed by atoms with Crippen LogP contribution in [0.5, 0.6) is 0 Å². The molecule has 1 aliphatic rings. The van der Waals surface area contributed by atoms with Crippen molar-refractivity contribution >= 4 is 133 Å². The Morgan fingerprint density at radius 2 is 0.554 bits per heavy atom. The van der Waals surface area contributed by atoms with Crippen LogP contribution in [-0.4, -0.2) is 85.4 Å². The maximum absolute atomic E-state index is 16.0. The van der Waals surface area contributed by atoms with Crippen LogP contribution in [0.25, 0.3) is 0 Å². The van der Waals surface area contributed by atoms with Crippen molar-refractivity contribution in [2.24, 2.45) is 0 Å².